The van der Waals surface area contributed by atoms with Crippen molar-refractivity contribution in [2.24, 2.45) is 5.92 Å². The van der Waals surface area contributed by atoms with Crippen LogP contribution in [0, 0.1) is 11.7 Å². The molecule has 0 radical (unpaired) electrons. The van der Waals surface area contributed by atoms with Crippen molar-refractivity contribution in [3.63, 3.8) is 0 Å². The lowest BCUT2D eigenvalue weighted by Gasteiger charge is -2.24. The van der Waals surface area contributed by atoms with Crippen LogP contribution in [0.5, 0.6) is 5.75 Å². The maximum Gasteiger partial charge on any atom is 0.141 e. The van der Waals surface area contributed by atoms with Crippen molar-refractivity contribution in [1.82, 2.24) is 5.32 Å². The number of rotatable bonds is 4. The van der Waals surface area contributed by atoms with Gasteiger partial charge in [-0.3, -0.25) is 0 Å². The highest BCUT2D eigenvalue weighted by molar-refractivity contribution is 6.32. The molecule has 2 fully saturated rings. The first-order valence-corrected chi connectivity index (χ1v) is 7.45. The normalized spacial score (nSPS) is 20.5. The van der Waals surface area contributed by atoms with E-state index in [2.05, 4.69) is 5.32 Å². The molecule has 0 aromatic heterocycles. The van der Waals surface area contributed by atoms with Gasteiger partial charge in [-0.25, -0.2) is 4.39 Å². The van der Waals surface area contributed by atoms with Gasteiger partial charge < -0.3 is 10.1 Å². The van der Waals surface area contributed by atoms with E-state index in [9.17, 15) is 4.39 Å². The lowest BCUT2D eigenvalue weighted by Crippen LogP contribution is -2.28. The van der Waals surface area contributed by atoms with Crippen LogP contribution in [0.1, 0.15) is 31.2 Å². The summed E-state index contributed by atoms with van der Waals surface area (Å²) < 4.78 is 19.4. The van der Waals surface area contributed by atoms with Gasteiger partial charge in [-0.05, 0) is 68.8 Å². The molecule has 0 bridgehead atoms. The topological polar surface area (TPSA) is 21.3 Å². The summed E-state index contributed by atoms with van der Waals surface area (Å²) in [5.74, 6) is 1.04. The van der Waals surface area contributed by atoms with E-state index in [0.717, 1.165) is 50.8 Å². The van der Waals surface area contributed by atoms with Crippen LogP contribution < -0.4 is 10.1 Å². The zero-order valence-corrected chi connectivity index (χ0v) is 11.7. The summed E-state index contributed by atoms with van der Waals surface area (Å²) in [6.45, 7) is 2.10. The molecule has 1 aliphatic heterocycles. The number of ether oxygens (including phenoxy) is 1. The Bertz CT molecular complexity index is 456. The third kappa shape index (κ3) is 3.40. The van der Waals surface area contributed by atoms with E-state index < -0.39 is 0 Å². The fourth-order valence-electron chi connectivity index (χ4n) is 2.65. The van der Waals surface area contributed by atoms with Crippen LogP contribution >= 0.6 is 11.6 Å². The van der Waals surface area contributed by atoms with E-state index in [-0.39, 0.29) is 11.9 Å². The van der Waals surface area contributed by atoms with Gasteiger partial charge in [0.2, 0.25) is 0 Å². The summed E-state index contributed by atoms with van der Waals surface area (Å²) in [5.41, 5.74) is 0.934. The predicted octanol–water partition coefficient (Wildman–Crippen LogP) is 3.56. The average molecular weight is 284 g/mol. The molecule has 3 rings (SSSR count). The highest BCUT2D eigenvalue weighted by Gasteiger charge is 2.27. The molecule has 4 heteroatoms. The van der Waals surface area contributed by atoms with Gasteiger partial charge in [-0.1, -0.05) is 11.6 Å². The molecule has 2 aliphatic rings. The van der Waals surface area contributed by atoms with Crippen LogP contribution in [-0.4, -0.2) is 19.2 Å². The van der Waals surface area contributed by atoms with Gasteiger partial charge in [0.25, 0.3) is 0 Å². The van der Waals surface area contributed by atoms with Crippen LogP contribution in [0.25, 0.3) is 0 Å². The second kappa shape index (κ2) is 5.68. The molecule has 104 valence electrons. The molecule has 2 nitrogen and oxygen atoms in total. The van der Waals surface area contributed by atoms with E-state index in [0.29, 0.717) is 16.7 Å². The Hall–Kier alpha value is -0.800. The van der Waals surface area contributed by atoms with E-state index in [1.165, 1.54) is 6.07 Å². The maximum absolute atomic E-state index is 13.6. The Morgan fingerprint density at radius 1 is 1.21 bits per heavy atom. The quantitative estimate of drug-likeness (QED) is 0.912. The zero-order chi connectivity index (χ0) is 13.2. The number of benzene rings is 1. The second-order valence-electron chi connectivity index (χ2n) is 5.59. The highest BCUT2D eigenvalue weighted by atomic mass is 35.5. The standard InChI is InChI=1S/C15H19ClFNO/c16-14-9-12(17)8-11(15(14)19-13-1-2-13)7-10-3-5-18-6-4-10/h8-10,13,18H,1-7H2. The van der Waals surface area contributed by atoms with E-state index >= 15 is 0 Å². The summed E-state index contributed by atoms with van der Waals surface area (Å²) in [6.07, 6.45) is 5.59. The van der Waals surface area contributed by atoms with Crippen molar-refractivity contribution in [3.8, 4) is 5.75 Å². The van der Waals surface area contributed by atoms with Crippen LogP contribution in [0.15, 0.2) is 12.1 Å². The zero-order valence-electron chi connectivity index (χ0n) is 10.9. The molecule has 1 saturated carbocycles. The summed E-state index contributed by atoms with van der Waals surface area (Å²) in [5, 5.41) is 3.76. The van der Waals surface area contributed by atoms with Crippen molar-refractivity contribution in [3.05, 3.63) is 28.5 Å². The van der Waals surface area contributed by atoms with Gasteiger partial charge in [0.15, 0.2) is 0 Å². The van der Waals surface area contributed by atoms with Gasteiger partial charge in [-0.2, -0.15) is 0 Å². The van der Waals surface area contributed by atoms with E-state index in [4.69, 9.17) is 16.3 Å². The summed E-state index contributed by atoms with van der Waals surface area (Å²) in [4.78, 5) is 0. The first-order valence-electron chi connectivity index (χ1n) is 7.07. The van der Waals surface area contributed by atoms with Crippen molar-refractivity contribution in [2.75, 3.05) is 13.1 Å². The molecule has 1 aromatic rings. The number of nitrogens with one attached hydrogen (secondary N) is 1. The average Bonchev–Trinajstić information content (AvgIpc) is 3.19. The molecule has 0 amide bonds. The Kier molecular flexibility index (Phi) is 3.94. The lowest BCUT2D eigenvalue weighted by atomic mass is 9.90. The minimum atomic E-state index is -0.267. The third-order valence-corrected chi connectivity index (χ3v) is 4.14. The minimum Gasteiger partial charge on any atom is -0.489 e. The molecule has 0 atom stereocenters. The van der Waals surface area contributed by atoms with Crippen molar-refractivity contribution in [2.45, 2.75) is 38.2 Å². The van der Waals surface area contributed by atoms with Crippen LogP contribution in [0.3, 0.4) is 0 Å². The molecular weight excluding hydrogens is 265 g/mol. The minimum absolute atomic E-state index is 0.267. The SMILES string of the molecule is Fc1cc(Cl)c(OC2CC2)c(CC2CCNCC2)c1. The number of piperidine rings is 1. The van der Waals surface area contributed by atoms with Gasteiger partial charge in [0, 0.05) is 0 Å². The maximum atomic E-state index is 13.6. The molecule has 1 aromatic carbocycles. The summed E-state index contributed by atoms with van der Waals surface area (Å²) in [6, 6.07) is 2.94. The third-order valence-electron chi connectivity index (χ3n) is 3.86. The first-order chi connectivity index (χ1) is 9.22. The first kappa shape index (κ1) is 13.2. The Morgan fingerprint density at radius 2 is 1.95 bits per heavy atom. The number of hydrogen-bond donors (Lipinski definition) is 1. The monoisotopic (exact) mass is 283 g/mol. The molecule has 1 aliphatic carbocycles. The fraction of sp³-hybridized carbons (Fsp3) is 0.600. The van der Waals surface area contributed by atoms with E-state index in [1.54, 1.807) is 6.07 Å². The lowest BCUT2D eigenvalue weighted by molar-refractivity contribution is 0.294. The van der Waals surface area contributed by atoms with E-state index in [1.807, 2.05) is 0 Å². The molecule has 1 saturated heterocycles. The summed E-state index contributed by atoms with van der Waals surface area (Å²) in [7, 11) is 0. The van der Waals surface area contributed by atoms with Gasteiger partial charge in [-0.15, -0.1) is 0 Å². The highest BCUT2D eigenvalue weighted by Crippen LogP contribution is 2.37. The number of hydrogen-bond acceptors (Lipinski definition) is 2. The number of halogens is 2. The smallest absolute Gasteiger partial charge is 0.141 e. The Balaban J connectivity index is 1.80. The molecular formula is C15H19ClFNO. The molecule has 19 heavy (non-hydrogen) atoms. The molecule has 0 unspecified atom stereocenters. The predicted molar refractivity (Wildman–Crippen MR) is 74.4 cm³/mol. The summed E-state index contributed by atoms with van der Waals surface area (Å²) >= 11 is 6.15. The van der Waals surface area contributed by atoms with Crippen LogP contribution in [-0.2, 0) is 6.42 Å². The second-order valence-corrected chi connectivity index (χ2v) is 6.00. The molecule has 0 spiro atoms. The van der Waals surface area contributed by atoms with Crippen molar-refractivity contribution >= 4 is 11.6 Å². The van der Waals surface area contributed by atoms with Gasteiger partial charge in [0.05, 0.1) is 11.1 Å². The van der Waals surface area contributed by atoms with Crippen molar-refractivity contribution in [1.29, 1.82) is 0 Å². The van der Waals surface area contributed by atoms with Gasteiger partial charge in [0.1, 0.15) is 11.6 Å². The molecule has 1 N–H and O–H groups in total. The van der Waals surface area contributed by atoms with Crippen LogP contribution in [0.4, 0.5) is 4.39 Å². The fourth-order valence-corrected chi connectivity index (χ4v) is 2.92. The Labute approximate surface area is 118 Å². The molecule has 1 heterocycles. The van der Waals surface area contributed by atoms with Gasteiger partial charge >= 0.3 is 0 Å². The van der Waals surface area contributed by atoms with Crippen LogP contribution in [0.2, 0.25) is 5.02 Å². The Morgan fingerprint density at radius 3 is 2.63 bits per heavy atom. The van der Waals surface area contributed by atoms with Crippen molar-refractivity contribution < 1.29 is 9.13 Å². The largest absolute Gasteiger partial charge is 0.489 e.